The van der Waals surface area contributed by atoms with E-state index in [0.717, 1.165) is 26.9 Å². The molecule has 0 atom stereocenters. The first kappa shape index (κ1) is 13.5. The van der Waals surface area contributed by atoms with Crippen molar-refractivity contribution >= 4 is 37.7 Å². The summed E-state index contributed by atoms with van der Waals surface area (Å²) in [5.74, 6) is 1.27. The third-order valence-electron chi connectivity index (χ3n) is 2.60. The van der Waals surface area contributed by atoms with Crippen LogP contribution in [0.1, 0.15) is 24.0 Å². The molecule has 0 amide bonds. The molecule has 0 fully saturated rings. The van der Waals surface area contributed by atoms with Crippen molar-refractivity contribution in [3.8, 4) is 0 Å². The fraction of sp³-hybridized carbons (Fsp3) is 0.231. The first-order chi connectivity index (χ1) is 8.60. The highest BCUT2D eigenvalue weighted by molar-refractivity contribution is 9.10. The summed E-state index contributed by atoms with van der Waals surface area (Å²) >= 11 is 6.83. The molecule has 0 bridgehead atoms. The number of hydrogen-bond acceptors (Lipinski definition) is 3. The zero-order valence-corrected chi connectivity index (χ0v) is 13.1. The Labute approximate surface area is 123 Å². The van der Waals surface area contributed by atoms with E-state index in [-0.39, 0.29) is 0 Å². The molecule has 2 rings (SSSR count). The molecule has 1 aromatic carbocycles. The number of rotatable bonds is 3. The van der Waals surface area contributed by atoms with Crippen LogP contribution in [0.25, 0.3) is 0 Å². The van der Waals surface area contributed by atoms with Crippen LogP contribution in [-0.2, 0) is 12.8 Å². The highest BCUT2D eigenvalue weighted by Crippen LogP contribution is 2.22. The van der Waals surface area contributed by atoms with Gasteiger partial charge in [-0.2, -0.15) is 0 Å². The van der Waals surface area contributed by atoms with Crippen molar-refractivity contribution in [3.63, 3.8) is 0 Å². The van der Waals surface area contributed by atoms with Crippen molar-refractivity contribution in [2.75, 3.05) is 5.73 Å². The SMILES string of the molecule is CCc1nc(Cc2ccc(Br)cc2)nc(N)c1Br. The van der Waals surface area contributed by atoms with Crippen LogP contribution in [0.2, 0.25) is 0 Å². The molecule has 2 aromatic rings. The van der Waals surface area contributed by atoms with Gasteiger partial charge >= 0.3 is 0 Å². The lowest BCUT2D eigenvalue weighted by atomic mass is 10.1. The first-order valence-electron chi connectivity index (χ1n) is 5.65. The Kier molecular flexibility index (Phi) is 4.35. The van der Waals surface area contributed by atoms with Gasteiger partial charge in [-0.3, -0.25) is 0 Å². The van der Waals surface area contributed by atoms with Gasteiger partial charge in [0.15, 0.2) is 0 Å². The summed E-state index contributed by atoms with van der Waals surface area (Å²) < 4.78 is 1.88. The Morgan fingerprint density at radius 1 is 1.11 bits per heavy atom. The second kappa shape index (κ2) is 5.80. The van der Waals surface area contributed by atoms with E-state index in [4.69, 9.17) is 5.73 Å². The second-order valence-electron chi connectivity index (χ2n) is 3.94. The first-order valence-corrected chi connectivity index (χ1v) is 7.24. The van der Waals surface area contributed by atoms with Gasteiger partial charge in [0.25, 0.3) is 0 Å². The molecule has 0 radical (unpaired) electrons. The largest absolute Gasteiger partial charge is 0.383 e. The van der Waals surface area contributed by atoms with Crippen LogP contribution in [0.3, 0.4) is 0 Å². The predicted molar refractivity (Wildman–Crippen MR) is 80.5 cm³/mol. The van der Waals surface area contributed by atoms with Gasteiger partial charge in [-0.15, -0.1) is 0 Å². The lowest BCUT2D eigenvalue weighted by molar-refractivity contribution is 0.902. The molecule has 5 heteroatoms. The van der Waals surface area contributed by atoms with Gasteiger partial charge in [-0.05, 0) is 40.0 Å². The molecule has 0 spiro atoms. The smallest absolute Gasteiger partial charge is 0.141 e. The summed E-state index contributed by atoms with van der Waals surface area (Å²) in [6.07, 6.45) is 1.53. The van der Waals surface area contributed by atoms with Crippen LogP contribution in [0.15, 0.2) is 33.2 Å². The Morgan fingerprint density at radius 3 is 2.39 bits per heavy atom. The molecule has 94 valence electrons. The Hall–Kier alpha value is -0.940. The molecule has 0 aliphatic rings. The molecule has 0 aliphatic heterocycles. The molecule has 0 aliphatic carbocycles. The van der Waals surface area contributed by atoms with Crippen LogP contribution < -0.4 is 5.73 Å². The quantitative estimate of drug-likeness (QED) is 0.895. The number of nitrogens with zero attached hydrogens (tertiary/aromatic N) is 2. The summed E-state index contributed by atoms with van der Waals surface area (Å²) in [7, 11) is 0. The van der Waals surface area contributed by atoms with Gasteiger partial charge in [-0.1, -0.05) is 35.0 Å². The van der Waals surface area contributed by atoms with Crippen LogP contribution in [0.4, 0.5) is 5.82 Å². The molecule has 0 saturated carbocycles. The summed E-state index contributed by atoms with van der Waals surface area (Å²) in [5, 5.41) is 0. The summed E-state index contributed by atoms with van der Waals surface area (Å²) in [6, 6.07) is 8.13. The normalized spacial score (nSPS) is 10.6. The van der Waals surface area contributed by atoms with Crippen molar-refractivity contribution in [2.24, 2.45) is 0 Å². The molecule has 0 unspecified atom stereocenters. The number of aromatic nitrogens is 2. The third kappa shape index (κ3) is 3.09. The zero-order valence-electron chi connectivity index (χ0n) is 9.95. The molecular formula is C13H13Br2N3. The average molecular weight is 371 g/mol. The van der Waals surface area contributed by atoms with E-state index in [0.29, 0.717) is 12.2 Å². The third-order valence-corrected chi connectivity index (χ3v) is 3.99. The van der Waals surface area contributed by atoms with E-state index in [2.05, 4.69) is 60.9 Å². The van der Waals surface area contributed by atoms with E-state index < -0.39 is 0 Å². The monoisotopic (exact) mass is 369 g/mol. The van der Waals surface area contributed by atoms with Crippen LogP contribution in [0, 0.1) is 0 Å². The van der Waals surface area contributed by atoms with Crippen molar-refractivity contribution < 1.29 is 0 Å². The fourth-order valence-corrected chi connectivity index (χ4v) is 2.39. The molecule has 0 saturated heterocycles. The minimum atomic E-state index is 0.508. The number of benzene rings is 1. The maximum Gasteiger partial charge on any atom is 0.141 e. The number of aryl methyl sites for hydroxylation is 1. The van der Waals surface area contributed by atoms with Crippen LogP contribution >= 0.6 is 31.9 Å². The molecule has 1 aromatic heterocycles. The Morgan fingerprint density at radius 2 is 1.78 bits per heavy atom. The number of nitrogens with two attached hydrogens (primary N) is 1. The predicted octanol–water partition coefficient (Wildman–Crippen LogP) is 3.74. The van der Waals surface area contributed by atoms with Crippen LogP contribution in [-0.4, -0.2) is 9.97 Å². The highest BCUT2D eigenvalue weighted by atomic mass is 79.9. The molecule has 3 nitrogen and oxygen atoms in total. The summed E-state index contributed by atoms with van der Waals surface area (Å²) in [5.41, 5.74) is 7.99. The average Bonchev–Trinajstić information content (AvgIpc) is 2.36. The molecule has 18 heavy (non-hydrogen) atoms. The van der Waals surface area contributed by atoms with Gasteiger partial charge in [0, 0.05) is 10.9 Å². The minimum absolute atomic E-state index is 0.508. The van der Waals surface area contributed by atoms with E-state index in [1.54, 1.807) is 0 Å². The molecule has 1 heterocycles. The zero-order chi connectivity index (χ0) is 13.1. The van der Waals surface area contributed by atoms with Crippen molar-refractivity contribution in [3.05, 3.63) is 50.3 Å². The number of hydrogen-bond donors (Lipinski definition) is 1. The van der Waals surface area contributed by atoms with Crippen molar-refractivity contribution in [2.45, 2.75) is 19.8 Å². The van der Waals surface area contributed by atoms with Gasteiger partial charge in [0.1, 0.15) is 11.6 Å². The topological polar surface area (TPSA) is 51.8 Å². The van der Waals surface area contributed by atoms with Gasteiger partial charge in [-0.25, -0.2) is 9.97 Å². The number of nitrogen functional groups attached to an aromatic ring is 1. The molecular weight excluding hydrogens is 358 g/mol. The Balaban J connectivity index is 2.29. The number of anilines is 1. The van der Waals surface area contributed by atoms with Crippen LogP contribution in [0.5, 0.6) is 0 Å². The second-order valence-corrected chi connectivity index (χ2v) is 5.65. The van der Waals surface area contributed by atoms with Crippen molar-refractivity contribution in [1.29, 1.82) is 0 Å². The van der Waals surface area contributed by atoms with E-state index >= 15 is 0 Å². The van der Waals surface area contributed by atoms with Gasteiger partial charge < -0.3 is 5.73 Å². The maximum absolute atomic E-state index is 5.87. The fourth-order valence-electron chi connectivity index (χ4n) is 1.66. The van der Waals surface area contributed by atoms with E-state index in [9.17, 15) is 0 Å². The minimum Gasteiger partial charge on any atom is -0.383 e. The highest BCUT2D eigenvalue weighted by Gasteiger charge is 2.09. The lowest BCUT2D eigenvalue weighted by Gasteiger charge is -2.07. The van der Waals surface area contributed by atoms with Crippen molar-refractivity contribution in [1.82, 2.24) is 9.97 Å². The summed E-state index contributed by atoms with van der Waals surface area (Å²) in [4.78, 5) is 8.83. The number of halogens is 2. The van der Waals surface area contributed by atoms with E-state index in [1.807, 2.05) is 12.1 Å². The standard InChI is InChI=1S/C13H13Br2N3/c1-2-10-12(15)13(16)18-11(17-10)7-8-3-5-9(14)6-4-8/h3-6H,2,7H2,1H3,(H2,16,17,18). The molecule has 2 N–H and O–H groups in total. The maximum atomic E-state index is 5.87. The van der Waals surface area contributed by atoms with Gasteiger partial charge in [0.05, 0.1) is 10.2 Å². The van der Waals surface area contributed by atoms with Gasteiger partial charge in [0.2, 0.25) is 0 Å². The van der Waals surface area contributed by atoms with E-state index in [1.165, 1.54) is 5.56 Å². The lowest BCUT2D eigenvalue weighted by Crippen LogP contribution is -2.05. The summed E-state index contributed by atoms with van der Waals surface area (Å²) in [6.45, 7) is 2.05. The Bertz CT molecular complexity index is 553.